The van der Waals surface area contributed by atoms with E-state index in [2.05, 4.69) is 5.32 Å². The molecule has 162 valence electrons. The summed E-state index contributed by atoms with van der Waals surface area (Å²) < 4.78 is 5.78. The maximum Gasteiger partial charge on any atom is 0.265 e. The molecular formula is C24H19ClN2O4S. The van der Waals surface area contributed by atoms with Gasteiger partial charge in [-0.15, -0.1) is 0 Å². The van der Waals surface area contributed by atoms with Gasteiger partial charge in [0.05, 0.1) is 11.3 Å². The number of carbonyl (C=O) groups excluding carboxylic acids is 1. The lowest BCUT2D eigenvalue weighted by molar-refractivity contribution is -0.115. The summed E-state index contributed by atoms with van der Waals surface area (Å²) in [4.78, 5) is 14.5. The van der Waals surface area contributed by atoms with Gasteiger partial charge in [0.2, 0.25) is 0 Å². The van der Waals surface area contributed by atoms with Gasteiger partial charge in [-0.2, -0.15) is 0 Å². The molecule has 1 unspecified atom stereocenters. The van der Waals surface area contributed by atoms with Crippen LogP contribution >= 0.6 is 23.8 Å². The van der Waals surface area contributed by atoms with Gasteiger partial charge in [-0.25, -0.2) is 0 Å². The molecule has 1 heterocycles. The Morgan fingerprint density at radius 1 is 1.09 bits per heavy atom. The number of hydrogen-bond acceptors (Lipinski definition) is 5. The van der Waals surface area contributed by atoms with Crippen molar-refractivity contribution in [3.63, 3.8) is 0 Å². The second-order valence-corrected chi connectivity index (χ2v) is 7.98. The number of phenolic OH excluding ortho intramolecular Hbond substituents is 1. The van der Waals surface area contributed by atoms with Crippen molar-refractivity contribution in [1.29, 1.82) is 0 Å². The van der Waals surface area contributed by atoms with E-state index < -0.39 is 12.1 Å². The molecule has 3 aromatic rings. The Kier molecular flexibility index (Phi) is 6.14. The summed E-state index contributed by atoms with van der Waals surface area (Å²) >= 11 is 11.4. The molecule has 8 heteroatoms. The largest absolute Gasteiger partial charge is 0.507 e. The third-order valence-electron chi connectivity index (χ3n) is 4.89. The molecule has 32 heavy (non-hydrogen) atoms. The van der Waals surface area contributed by atoms with Crippen molar-refractivity contribution in [3.05, 3.63) is 88.5 Å². The quantitative estimate of drug-likeness (QED) is 0.379. The number of nitrogens with one attached hydrogen (secondary N) is 1. The molecule has 1 aliphatic heterocycles. The molecule has 0 aliphatic carbocycles. The van der Waals surface area contributed by atoms with Crippen LogP contribution < -0.4 is 15.0 Å². The van der Waals surface area contributed by atoms with Crippen LogP contribution in [0.25, 0.3) is 6.08 Å². The first-order chi connectivity index (χ1) is 15.3. The first-order valence-electron chi connectivity index (χ1n) is 9.70. The number of thiocarbonyl (C=S) groups is 1. The predicted molar refractivity (Wildman–Crippen MR) is 128 cm³/mol. The maximum absolute atomic E-state index is 13.2. The van der Waals surface area contributed by atoms with E-state index in [1.54, 1.807) is 37.3 Å². The van der Waals surface area contributed by atoms with E-state index in [0.717, 1.165) is 0 Å². The molecule has 1 aliphatic rings. The van der Waals surface area contributed by atoms with Gasteiger partial charge >= 0.3 is 0 Å². The highest BCUT2D eigenvalue weighted by Crippen LogP contribution is 2.31. The Hall–Kier alpha value is -3.39. The molecule has 0 saturated carbocycles. The number of aliphatic hydroxyl groups excluding tert-OH is 1. The summed E-state index contributed by atoms with van der Waals surface area (Å²) in [5, 5.41) is 23.9. The molecule has 0 spiro atoms. The highest BCUT2D eigenvalue weighted by atomic mass is 35.5. The van der Waals surface area contributed by atoms with Crippen LogP contribution in [0.15, 0.2) is 72.3 Å². The van der Waals surface area contributed by atoms with E-state index in [0.29, 0.717) is 33.3 Å². The van der Waals surface area contributed by atoms with Crippen LogP contribution in [0.3, 0.4) is 0 Å². The molecule has 1 saturated heterocycles. The summed E-state index contributed by atoms with van der Waals surface area (Å²) in [6.45, 7) is 1.70. The van der Waals surface area contributed by atoms with Gasteiger partial charge < -0.3 is 20.3 Å². The summed E-state index contributed by atoms with van der Waals surface area (Å²) in [6, 6.07) is 19.3. The minimum atomic E-state index is -1.33. The minimum Gasteiger partial charge on any atom is -0.507 e. The van der Waals surface area contributed by atoms with Gasteiger partial charge in [-0.1, -0.05) is 29.8 Å². The molecule has 0 aromatic heterocycles. The lowest BCUT2D eigenvalue weighted by Crippen LogP contribution is -2.56. The fraction of sp³-hybridized carbons (Fsp3) is 0.0833. The number of para-hydroxylation sites is 1. The normalized spacial score (nSPS) is 17.4. The molecular weight excluding hydrogens is 448 g/mol. The molecule has 1 amide bonds. The highest BCUT2D eigenvalue weighted by Gasteiger charge is 2.34. The topological polar surface area (TPSA) is 82.0 Å². The van der Waals surface area contributed by atoms with Gasteiger partial charge in [0.25, 0.3) is 5.91 Å². The van der Waals surface area contributed by atoms with Gasteiger partial charge in [0, 0.05) is 10.6 Å². The van der Waals surface area contributed by atoms with Crippen LogP contribution in [0, 0.1) is 6.92 Å². The number of rotatable bonds is 4. The molecule has 4 rings (SSSR count). The summed E-state index contributed by atoms with van der Waals surface area (Å²) in [7, 11) is 0. The van der Waals surface area contributed by atoms with Gasteiger partial charge in [0.15, 0.2) is 11.3 Å². The monoisotopic (exact) mass is 466 g/mol. The number of nitrogens with zero attached hydrogens (tertiary/aromatic N) is 1. The number of amides is 1. The lowest BCUT2D eigenvalue weighted by atomic mass is 10.0. The predicted octanol–water partition coefficient (Wildman–Crippen LogP) is 4.77. The number of aryl methyl sites for hydroxylation is 1. The van der Waals surface area contributed by atoms with Gasteiger partial charge in [-0.05, 0) is 79.3 Å². The standard InChI is InChI=1S/C24H19ClN2O4S/c1-14-11-16(25)12-15(21(14)28)13-20-22(29)26-24(32)27(23(20)30)17-7-9-19(10-8-17)31-18-5-3-2-4-6-18/h2-13,22,28-29H,1H3,(H,26,32)/b20-13+. The average molecular weight is 467 g/mol. The second-order valence-electron chi connectivity index (χ2n) is 7.16. The first kappa shape index (κ1) is 21.8. The van der Waals surface area contributed by atoms with E-state index in [1.165, 1.54) is 17.0 Å². The molecule has 1 atom stereocenters. The van der Waals surface area contributed by atoms with Crippen molar-refractivity contribution < 1.29 is 19.7 Å². The maximum atomic E-state index is 13.2. The molecule has 0 bridgehead atoms. The summed E-state index contributed by atoms with van der Waals surface area (Å²) in [5.74, 6) is 0.744. The minimum absolute atomic E-state index is 0.0141. The Morgan fingerprint density at radius 2 is 1.75 bits per heavy atom. The Labute approximate surface area is 195 Å². The number of phenols is 1. The number of ether oxygens (including phenoxy) is 1. The Morgan fingerprint density at radius 3 is 2.44 bits per heavy atom. The smallest absolute Gasteiger partial charge is 0.265 e. The van der Waals surface area contributed by atoms with Crippen LogP contribution in [0.4, 0.5) is 5.69 Å². The SMILES string of the molecule is Cc1cc(Cl)cc(/C=C2/C(=O)N(c3ccc(Oc4ccccc4)cc3)C(=S)NC2O)c1O. The zero-order chi connectivity index (χ0) is 22.8. The van der Waals surface area contributed by atoms with Crippen molar-refractivity contribution in [1.82, 2.24) is 5.32 Å². The number of aromatic hydroxyl groups is 1. The fourth-order valence-electron chi connectivity index (χ4n) is 3.30. The Balaban J connectivity index is 1.63. The molecule has 0 radical (unpaired) electrons. The van der Waals surface area contributed by atoms with Crippen molar-refractivity contribution in [2.24, 2.45) is 0 Å². The van der Waals surface area contributed by atoms with Crippen LogP contribution in [0.5, 0.6) is 17.2 Å². The molecule has 3 N–H and O–H groups in total. The van der Waals surface area contributed by atoms with Gasteiger partial charge in [0.1, 0.15) is 17.2 Å². The van der Waals surface area contributed by atoms with Crippen LogP contribution in [0.2, 0.25) is 5.02 Å². The number of carbonyl (C=O) groups is 1. The molecule has 6 nitrogen and oxygen atoms in total. The van der Waals surface area contributed by atoms with E-state index in [9.17, 15) is 15.0 Å². The zero-order valence-corrected chi connectivity index (χ0v) is 18.5. The highest BCUT2D eigenvalue weighted by molar-refractivity contribution is 7.80. The third-order valence-corrected chi connectivity index (χ3v) is 5.41. The molecule has 3 aromatic carbocycles. The summed E-state index contributed by atoms with van der Waals surface area (Å²) in [5.41, 5.74) is 1.38. The lowest BCUT2D eigenvalue weighted by Gasteiger charge is -2.33. The van der Waals surface area contributed by atoms with Crippen molar-refractivity contribution in [2.45, 2.75) is 13.2 Å². The van der Waals surface area contributed by atoms with E-state index in [-0.39, 0.29) is 16.4 Å². The van der Waals surface area contributed by atoms with Crippen LogP contribution in [0.1, 0.15) is 11.1 Å². The molecule has 1 fully saturated rings. The van der Waals surface area contributed by atoms with E-state index in [4.69, 9.17) is 28.6 Å². The van der Waals surface area contributed by atoms with Crippen molar-refractivity contribution >= 4 is 46.6 Å². The third kappa shape index (κ3) is 4.45. The second kappa shape index (κ2) is 9.00. The number of hydrogen-bond donors (Lipinski definition) is 3. The van der Waals surface area contributed by atoms with Crippen molar-refractivity contribution in [2.75, 3.05) is 4.90 Å². The number of anilines is 1. The van der Waals surface area contributed by atoms with Crippen LogP contribution in [-0.4, -0.2) is 27.5 Å². The van der Waals surface area contributed by atoms with E-state index >= 15 is 0 Å². The van der Waals surface area contributed by atoms with Crippen LogP contribution in [-0.2, 0) is 4.79 Å². The van der Waals surface area contributed by atoms with Crippen molar-refractivity contribution in [3.8, 4) is 17.2 Å². The van der Waals surface area contributed by atoms with E-state index in [1.807, 2.05) is 30.3 Å². The number of benzene rings is 3. The Bertz CT molecular complexity index is 1210. The first-order valence-corrected chi connectivity index (χ1v) is 10.5. The number of halogens is 1. The average Bonchev–Trinajstić information content (AvgIpc) is 2.76. The number of aliphatic hydroxyl groups is 1. The summed E-state index contributed by atoms with van der Waals surface area (Å²) in [6.07, 6.45) is 0.0706. The zero-order valence-electron chi connectivity index (χ0n) is 16.9. The fourth-order valence-corrected chi connectivity index (χ4v) is 3.88. The van der Waals surface area contributed by atoms with Gasteiger partial charge in [-0.3, -0.25) is 9.69 Å².